The van der Waals surface area contributed by atoms with Crippen LogP contribution in [0.5, 0.6) is 0 Å². The van der Waals surface area contributed by atoms with Crippen LogP contribution in [0.3, 0.4) is 0 Å². The van der Waals surface area contributed by atoms with Gasteiger partial charge in [-0.1, -0.05) is 31.2 Å². The number of hydrogen-bond donors (Lipinski definition) is 0. The Kier molecular flexibility index (Phi) is 2.58. The van der Waals surface area contributed by atoms with Crippen molar-refractivity contribution >= 4 is 12.4 Å². The Morgan fingerprint density at radius 2 is 2.06 bits per heavy atom. The summed E-state index contributed by atoms with van der Waals surface area (Å²) in [6.07, 6.45) is 2.95. The van der Waals surface area contributed by atoms with Gasteiger partial charge in [0.05, 0.1) is 12.5 Å². The van der Waals surface area contributed by atoms with Crippen LogP contribution < -0.4 is 0 Å². The number of methoxy groups -OCH3 is 1. The average molecular weight is 216 g/mol. The summed E-state index contributed by atoms with van der Waals surface area (Å²) in [4.78, 5) is 11.4. The van der Waals surface area contributed by atoms with Crippen molar-refractivity contribution in [2.45, 2.75) is 19.8 Å². The SMILES string of the molecule is COC1=Cc2ccccc2[C@H](C)[C@]1(C)C=O. The molecule has 2 heteroatoms. The van der Waals surface area contributed by atoms with E-state index in [1.54, 1.807) is 7.11 Å². The summed E-state index contributed by atoms with van der Waals surface area (Å²) in [6.45, 7) is 4.00. The molecule has 1 aromatic carbocycles. The largest absolute Gasteiger partial charge is 0.500 e. The highest BCUT2D eigenvalue weighted by molar-refractivity contribution is 5.74. The fourth-order valence-electron chi connectivity index (χ4n) is 2.31. The standard InChI is InChI=1S/C14H16O2/c1-10-12-7-5-4-6-11(12)8-13(16-3)14(10,2)9-15/h4-10H,1-3H3/t10-,14-/m0/s1. The number of hydrogen-bond acceptors (Lipinski definition) is 2. The topological polar surface area (TPSA) is 26.3 Å². The maximum Gasteiger partial charge on any atom is 0.134 e. The first-order chi connectivity index (χ1) is 7.63. The van der Waals surface area contributed by atoms with E-state index in [-0.39, 0.29) is 5.92 Å². The minimum atomic E-state index is -0.552. The summed E-state index contributed by atoms with van der Waals surface area (Å²) in [6, 6.07) is 8.13. The zero-order chi connectivity index (χ0) is 11.8. The van der Waals surface area contributed by atoms with Crippen molar-refractivity contribution < 1.29 is 9.53 Å². The lowest BCUT2D eigenvalue weighted by molar-refractivity contribution is -0.116. The van der Waals surface area contributed by atoms with Crippen LogP contribution in [0.2, 0.25) is 0 Å². The van der Waals surface area contributed by atoms with Crippen molar-refractivity contribution in [1.82, 2.24) is 0 Å². The van der Waals surface area contributed by atoms with E-state index in [2.05, 4.69) is 19.1 Å². The van der Waals surface area contributed by atoms with Crippen LogP contribution >= 0.6 is 0 Å². The number of benzene rings is 1. The van der Waals surface area contributed by atoms with E-state index >= 15 is 0 Å². The normalized spacial score (nSPS) is 27.9. The molecule has 0 amide bonds. The van der Waals surface area contributed by atoms with E-state index in [0.29, 0.717) is 0 Å². The number of carbonyl (C=O) groups excluding carboxylic acids is 1. The molecule has 0 radical (unpaired) electrons. The van der Waals surface area contributed by atoms with Gasteiger partial charge < -0.3 is 9.53 Å². The van der Waals surface area contributed by atoms with Gasteiger partial charge in [-0.25, -0.2) is 0 Å². The van der Waals surface area contributed by atoms with E-state index in [1.165, 1.54) is 5.56 Å². The van der Waals surface area contributed by atoms with Crippen molar-refractivity contribution in [2.75, 3.05) is 7.11 Å². The van der Waals surface area contributed by atoms with Gasteiger partial charge in [-0.15, -0.1) is 0 Å². The van der Waals surface area contributed by atoms with Gasteiger partial charge in [0, 0.05) is 5.92 Å². The van der Waals surface area contributed by atoms with Gasteiger partial charge in [-0.3, -0.25) is 0 Å². The highest BCUT2D eigenvalue weighted by Crippen LogP contribution is 2.46. The van der Waals surface area contributed by atoms with Crippen LogP contribution in [0.25, 0.3) is 6.08 Å². The van der Waals surface area contributed by atoms with Crippen LogP contribution in [0, 0.1) is 5.41 Å². The number of rotatable bonds is 2. The highest BCUT2D eigenvalue weighted by atomic mass is 16.5. The van der Waals surface area contributed by atoms with Crippen molar-refractivity contribution in [3.63, 3.8) is 0 Å². The number of allylic oxidation sites excluding steroid dienone is 1. The molecule has 0 saturated heterocycles. The first-order valence-electron chi connectivity index (χ1n) is 5.45. The third-order valence-electron chi connectivity index (χ3n) is 3.64. The van der Waals surface area contributed by atoms with E-state index in [9.17, 15) is 4.79 Å². The first kappa shape index (κ1) is 10.9. The molecule has 0 saturated carbocycles. The first-order valence-corrected chi connectivity index (χ1v) is 5.45. The van der Waals surface area contributed by atoms with Gasteiger partial charge in [-0.2, -0.15) is 0 Å². The molecule has 2 rings (SSSR count). The average Bonchev–Trinajstić information content (AvgIpc) is 2.33. The predicted octanol–water partition coefficient (Wildman–Crippen LogP) is 3.00. The van der Waals surface area contributed by atoms with Crippen molar-refractivity contribution in [1.29, 1.82) is 0 Å². The molecule has 0 bridgehead atoms. The van der Waals surface area contributed by atoms with E-state index in [1.807, 2.05) is 25.1 Å². The highest BCUT2D eigenvalue weighted by Gasteiger charge is 2.40. The Balaban J connectivity index is 2.63. The zero-order valence-electron chi connectivity index (χ0n) is 9.86. The molecule has 0 aliphatic heterocycles. The minimum Gasteiger partial charge on any atom is -0.500 e. The monoisotopic (exact) mass is 216 g/mol. The smallest absolute Gasteiger partial charge is 0.134 e. The van der Waals surface area contributed by atoms with Gasteiger partial charge in [0.15, 0.2) is 0 Å². The summed E-state index contributed by atoms with van der Waals surface area (Å²) in [5, 5.41) is 0. The Morgan fingerprint density at radius 3 is 2.69 bits per heavy atom. The Hall–Kier alpha value is -1.57. The molecule has 2 nitrogen and oxygen atoms in total. The predicted molar refractivity (Wildman–Crippen MR) is 64.0 cm³/mol. The maximum absolute atomic E-state index is 11.4. The Morgan fingerprint density at radius 1 is 1.38 bits per heavy atom. The van der Waals surface area contributed by atoms with E-state index < -0.39 is 5.41 Å². The fourth-order valence-corrected chi connectivity index (χ4v) is 2.31. The number of aldehydes is 1. The van der Waals surface area contributed by atoms with E-state index in [4.69, 9.17) is 4.74 Å². The molecular formula is C14H16O2. The molecule has 1 aliphatic carbocycles. The van der Waals surface area contributed by atoms with Crippen LogP contribution in [0.15, 0.2) is 30.0 Å². The Labute approximate surface area is 95.9 Å². The molecule has 0 N–H and O–H groups in total. The van der Waals surface area contributed by atoms with Crippen molar-refractivity contribution in [3.05, 3.63) is 41.2 Å². The summed E-state index contributed by atoms with van der Waals surface area (Å²) in [5.41, 5.74) is 1.80. The molecule has 1 aliphatic rings. The lowest BCUT2D eigenvalue weighted by Gasteiger charge is -2.36. The quantitative estimate of drug-likeness (QED) is 0.710. The number of fused-ring (bicyclic) bond motifs is 1. The number of ether oxygens (including phenoxy) is 1. The third-order valence-corrected chi connectivity index (χ3v) is 3.64. The molecular weight excluding hydrogens is 200 g/mol. The molecule has 0 heterocycles. The summed E-state index contributed by atoms with van der Waals surface area (Å²) in [5.74, 6) is 0.884. The van der Waals surface area contributed by atoms with Crippen LogP contribution in [-0.4, -0.2) is 13.4 Å². The molecule has 0 unspecified atom stereocenters. The van der Waals surface area contributed by atoms with Crippen LogP contribution in [0.1, 0.15) is 30.9 Å². The fraction of sp³-hybridized carbons (Fsp3) is 0.357. The van der Waals surface area contributed by atoms with Crippen LogP contribution in [-0.2, 0) is 9.53 Å². The van der Waals surface area contributed by atoms with E-state index in [0.717, 1.165) is 17.6 Å². The molecule has 0 spiro atoms. The summed E-state index contributed by atoms with van der Waals surface area (Å²) < 4.78 is 5.35. The third kappa shape index (κ3) is 1.37. The molecule has 1 aromatic rings. The van der Waals surface area contributed by atoms with Gasteiger partial charge in [-0.05, 0) is 24.1 Å². The lowest BCUT2D eigenvalue weighted by Crippen LogP contribution is -2.31. The molecule has 84 valence electrons. The second kappa shape index (κ2) is 3.78. The van der Waals surface area contributed by atoms with Crippen molar-refractivity contribution in [3.8, 4) is 0 Å². The summed E-state index contributed by atoms with van der Waals surface area (Å²) in [7, 11) is 1.62. The minimum absolute atomic E-state index is 0.140. The second-order valence-corrected chi connectivity index (χ2v) is 4.46. The molecule has 2 atom stereocenters. The lowest BCUT2D eigenvalue weighted by atomic mass is 9.69. The van der Waals surface area contributed by atoms with Gasteiger partial charge in [0.2, 0.25) is 0 Å². The van der Waals surface area contributed by atoms with Gasteiger partial charge >= 0.3 is 0 Å². The van der Waals surface area contributed by atoms with Crippen LogP contribution in [0.4, 0.5) is 0 Å². The number of carbonyl (C=O) groups is 1. The molecule has 0 fully saturated rings. The van der Waals surface area contributed by atoms with Gasteiger partial charge in [0.25, 0.3) is 0 Å². The maximum atomic E-state index is 11.4. The van der Waals surface area contributed by atoms with Crippen molar-refractivity contribution in [2.24, 2.45) is 5.41 Å². The zero-order valence-corrected chi connectivity index (χ0v) is 9.86. The van der Waals surface area contributed by atoms with Gasteiger partial charge in [0.1, 0.15) is 12.0 Å². The Bertz CT molecular complexity index is 448. The second-order valence-electron chi connectivity index (χ2n) is 4.46. The summed E-state index contributed by atoms with van der Waals surface area (Å²) >= 11 is 0. The molecule has 16 heavy (non-hydrogen) atoms. The molecule has 0 aromatic heterocycles.